The zero-order valence-corrected chi connectivity index (χ0v) is 13.2. The lowest BCUT2D eigenvalue weighted by atomic mass is 10.2. The second-order valence-electron chi connectivity index (χ2n) is 4.93. The van der Waals surface area contributed by atoms with Crippen LogP contribution in [0.3, 0.4) is 0 Å². The van der Waals surface area contributed by atoms with E-state index < -0.39 is 12.8 Å². The molecular formula is C14H14F3N5OS. The predicted molar refractivity (Wildman–Crippen MR) is 85.4 cm³/mol. The van der Waals surface area contributed by atoms with Gasteiger partial charge in [0.05, 0.1) is 11.3 Å². The van der Waals surface area contributed by atoms with E-state index in [1.54, 1.807) is 17.5 Å². The third-order valence-corrected chi connectivity index (χ3v) is 3.80. The Morgan fingerprint density at radius 3 is 3.00 bits per heavy atom. The fourth-order valence-electron chi connectivity index (χ4n) is 2.02. The van der Waals surface area contributed by atoms with Crippen LogP contribution in [0, 0.1) is 0 Å². The van der Waals surface area contributed by atoms with Crippen molar-refractivity contribution in [2.45, 2.75) is 12.6 Å². The van der Waals surface area contributed by atoms with Crippen LogP contribution in [0.15, 0.2) is 28.7 Å². The number of hydrogen-bond donors (Lipinski definition) is 2. The highest BCUT2D eigenvalue weighted by Gasteiger charge is 2.29. The minimum Gasteiger partial charge on any atom is -0.468 e. The van der Waals surface area contributed by atoms with Crippen LogP contribution in [-0.4, -0.2) is 41.8 Å². The van der Waals surface area contributed by atoms with E-state index in [1.165, 1.54) is 17.5 Å². The van der Waals surface area contributed by atoms with Gasteiger partial charge in [0.15, 0.2) is 17.7 Å². The van der Waals surface area contributed by atoms with Gasteiger partial charge in [-0.15, -0.1) is 11.3 Å². The van der Waals surface area contributed by atoms with Crippen LogP contribution < -0.4 is 15.4 Å². The lowest BCUT2D eigenvalue weighted by Crippen LogP contribution is -2.35. The number of aliphatic imine (C=N–C) groups is 1. The molecule has 0 amide bonds. The number of thiazole rings is 1. The van der Waals surface area contributed by atoms with Crippen LogP contribution >= 0.6 is 11.3 Å². The molecule has 6 nitrogen and oxygen atoms in total. The molecule has 128 valence electrons. The van der Waals surface area contributed by atoms with Crippen LogP contribution in [0.5, 0.6) is 5.88 Å². The first-order valence-electron chi connectivity index (χ1n) is 7.17. The average molecular weight is 357 g/mol. The fraction of sp³-hybridized carbons (Fsp3) is 0.357. The first-order chi connectivity index (χ1) is 11.5. The summed E-state index contributed by atoms with van der Waals surface area (Å²) < 4.78 is 41.8. The Kier molecular flexibility index (Phi) is 4.84. The lowest BCUT2D eigenvalue weighted by molar-refractivity contribution is -0.154. The van der Waals surface area contributed by atoms with Gasteiger partial charge >= 0.3 is 6.18 Å². The lowest BCUT2D eigenvalue weighted by Gasteiger charge is -2.14. The third kappa shape index (κ3) is 4.34. The molecule has 1 aliphatic heterocycles. The van der Waals surface area contributed by atoms with Crippen molar-refractivity contribution in [3.05, 3.63) is 23.7 Å². The Balaban J connectivity index is 1.76. The number of aromatic nitrogens is 2. The molecule has 0 bridgehead atoms. The summed E-state index contributed by atoms with van der Waals surface area (Å²) in [5, 5.41) is 8.47. The number of ether oxygens (including phenoxy) is 1. The average Bonchev–Trinajstić information content (AvgIpc) is 3.02. The molecule has 0 unspecified atom stereocenters. The van der Waals surface area contributed by atoms with Crippen molar-refractivity contribution in [3.63, 3.8) is 0 Å². The van der Waals surface area contributed by atoms with Crippen LogP contribution in [0.4, 0.5) is 18.3 Å². The first-order valence-corrected chi connectivity index (χ1v) is 8.05. The van der Waals surface area contributed by atoms with Gasteiger partial charge in [-0.3, -0.25) is 4.99 Å². The van der Waals surface area contributed by atoms with Crippen LogP contribution in [-0.2, 0) is 0 Å². The summed E-state index contributed by atoms with van der Waals surface area (Å²) in [5.41, 5.74) is 0.897. The van der Waals surface area contributed by atoms with Crippen molar-refractivity contribution < 1.29 is 17.9 Å². The molecule has 0 aromatic carbocycles. The van der Waals surface area contributed by atoms with E-state index in [0.717, 1.165) is 19.5 Å². The maximum atomic E-state index is 12.3. The number of pyridine rings is 1. The Morgan fingerprint density at radius 1 is 1.38 bits per heavy atom. The smallest absolute Gasteiger partial charge is 0.422 e. The quantitative estimate of drug-likeness (QED) is 0.880. The van der Waals surface area contributed by atoms with Gasteiger partial charge in [0.25, 0.3) is 0 Å². The first kappa shape index (κ1) is 16.5. The Morgan fingerprint density at radius 2 is 2.25 bits per heavy atom. The molecule has 0 fully saturated rings. The molecule has 10 heteroatoms. The monoisotopic (exact) mass is 357 g/mol. The van der Waals surface area contributed by atoms with Crippen LogP contribution in [0.25, 0.3) is 11.3 Å². The van der Waals surface area contributed by atoms with Crippen molar-refractivity contribution in [1.29, 1.82) is 0 Å². The van der Waals surface area contributed by atoms with Crippen molar-refractivity contribution in [2.75, 3.05) is 25.0 Å². The fourth-order valence-corrected chi connectivity index (χ4v) is 2.73. The highest BCUT2D eigenvalue weighted by atomic mass is 32.1. The number of rotatable bonds is 4. The number of hydrogen-bond acceptors (Lipinski definition) is 7. The number of anilines is 1. The second kappa shape index (κ2) is 7.04. The van der Waals surface area contributed by atoms with E-state index in [2.05, 4.69) is 25.6 Å². The Bertz CT molecular complexity index is 731. The number of guanidine groups is 1. The Hall–Kier alpha value is -2.36. The molecule has 24 heavy (non-hydrogen) atoms. The number of alkyl halides is 3. The molecule has 2 aromatic rings. The summed E-state index contributed by atoms with van der Waals surface area (Å²) in [6.07, 6.45) is -2.07. The molecule has 2 N–H and O–H groups in total. The molecule has 0 saturated carbocycles. The third-order valence-electron chi connectivity index (χ3n) is 3.05. The standard InChI is InChI=1S/C14H14F3N5OS/c15-14(16,17)8-23-11-9(3-1-4-18-11)10-7-24-13(21-10)22-12-19-5-2-6-20-12/h1,3-4,7H,2,5-6,8H2,(H2,19,20,21,22). The molecule has 0 saturated heterocycles. The van der Waals surface area contributed by atoms with Gasteiger partial charge in [-0.1, -0.05) is 0 Å². The molecule has 1 aliphatic rings. The van der Waals surface area contributed by atoms with Crippen molar-refractivity contribution in [3.8, 4) is 17.1 Å². The number of nitrogens with one attached hydrogen (secondary N) is 2. The molecule has 0 spiro atoms. The number of nitrogens with zero attached hydrogens (tertiary/aromatic N) is 3. The highest BCUT2D eigenvalue weighted by molar-refractivity contribution is 7.14. The molecular weight excluding hydrogens is 343 g/mol. The van der Waals surface area contributed by atoms with Crippen molar-refractivity contribution in [1.82, 2.24) is 15.3 Å². The Labute approximate surface area is 139 Å². The molecule has 2 aromatic heterocycles. The zero-order chi connectivity index (χ0) is 17.0. The van der Waals surface area contributed by atoms with E-state index in [-0.39, 0.29) is 5.88 Å². The summed E-state index contributed by atoms with van der Waals surface area (Å²) >= 11 is 1.32. The van der Waals surface area contributed by atoms with E-state index in [0.29, 0.717) is 22.3 Å². The summed E-state index contributed by atoms with van der Waals surface area (Å²) in [7, 11) is 0. The maximum absolute atomic E-state index is 12.3. The summed E-state index contributed by atoms with van der Waals surface area (Å²) in [6, 6.07) is 3.24. The van der Waals surface area contributed by atoms with Gasteiger partial charge in [-0.05, 0) is 18.6 Å². The normalized spacial score (nSPS) is 14.7. The number of halogens is 3. The minimum atomic E-state index is -4.42. The molecule has 3 heterocycles. The second-order valence-corrected chi connectivity index (χ2v) is 5.79. The van der Waals surface area contributed by atoms with Crippen molar-refractivity contribution >= 4 is 22.4 Å². The molecule has 0 aliphatic carbocycles. The summed E-state index contributed by atoms with van der Waals surface area (Å²) in [6.45, 7) is 0.181. The molecule has 0 atom stereocenters. The minimum absolute atomic E-state index is 0.0974. The molecule has 3 rings (SSSR count). The van der Waals surface area contributed by atoms with Gasteiger partial charge < -0.3 is 15.4 Å². The summed E-state index contributed by atoms with van der Waals surface area (Å²) in [5.74, 6) is 0.543. The highest BCUT2D eigenvalue weighted by Crippen LogP contribution is 2.31. The van der Waals surface area contributed by atoms with Gasteiger partial charge in [0.1, 0.15) is 0 Å². The van der Waals surface area contributed by atoms with Gasteiger partial charge in [0, 0.05) is 24.7 Å². The topological polar surface area (TPSA) is 71.4 Å². The van der Waals surface area contributed by atoms with E-state index in [9.17, 15) is 13.2 Å². The van der Waals surface area contributed by atoms with E-state index in [1.807, 2.05) is 0 Å². The summed E-state index contributed by atoms with van der Waals surface area (Å²) in [4.78, 5) is 12.5. The maximum Gasteiger partial charge on any atom is 0.422 e. The largest absolute Gasteiger partial charge is 0.468 e. The van der Waals surface area contributed by atoms with E-state index >= 15 is 0 Å². The zero-order valence-electron chi connectivity index (χ0n) is 12.4. The van der Waals surface area contributed by atoms with Crippen molar-refractivity contribution in [2.24, 2.45) is 4.99 Å². The van der Waals surface area contributed by atoms with Gasteiger partial charge in [0.2, 0.25) is 5.88 Å². The predicted octanol–water partition coefficient (Wildman–Crippen LogP) is 2.91. The van der Waals surface area contributed by atoms with Gasteiger partial charge in [-0.25, -0.2) is 9.97 Å². The molecule has 0 radical (unpaired) electrons. The SMILES string of the molecule is FC(F)(F)COc1ncccc1-c1csc(NC2=NCCCN2)n1. The van der Waals surface area contributed by atoms with Crippen LogP contribution in [0.1, 0.15) is 6.42 Å². The van der Waals surface area contributed by atoms with E-state index in [4.69, 9.17) is 4.74 Å². The van der Waals surface area contributed by atoms with Gasteiger partial charge in [-0.2, -0.15) is 13.2 Å². The van der Waals surface area contributed by atoms with Crippen LogP contribution in [0.2, 0.25) is 0 Å².